The summed E-state index contributed by atoms with van der Waals surface area (Å²) < 4.78 is 67.3. The fraction of sp³-hybridized carbons (Fsp3) is 0.824. The van der Waals surface area contributed by atoms with Gasteiger partial charge in [-0.25, -0.2) is 18.0 Å². The van der Waals surface area contributed by atoms with E-state index in [0.717, 1.165) is 0 Å². The minimum absolute atomic E-state index is 0.196. The number of alkyl halides is 3. The second kappa shape index (κ2) is 12.2. The molecule has 31 heavy (non-hydrogen) atoms. The van der Waals surface area contributed by atoms with Crippen molar-refractivity contribution in [1.82, 2.24) is 0 Å². The molecule has 5 N–H and O–H groups in total. The lowest BCUT2D eigenvalue weighted by atomic mass is 10.0. The Morgan fingerprint density at radius 3 is 2.00 bits per heavy atom. The molecule has 0 aromatic carbocycles. The quantitative estimate of drug-likeness (QED) is 0.298. The third kappa shape index (κ3) is 9.39. The van der Waals surface area contributed by atoms with Crippen molar-refractivity contribution >= 4 is 27.7 Å². The number of sulfone groups is 1. The molecule has 1 rings (SSSR count). The lowest BCUT2D eigenvalue weighted by Gasteiger charge is -2.27. The number of carbonyl (C=O) groups is 3. The molecule has 1 saturated heterocycles. The lowest BCUT2D eigenvalue weighted by molar-refractivity contribution is -0.192. The first-order chi connectivity index (χ1) is 14.1. The maximum atomic E-state index is 12.7. The second-order valence-corrected chi connectivity index (χ2v) is 9.32. The molecule has 0 spiro atoms. The third-order valence-corrected chi connectivity index (χ3v) is 6.71. The van der Waals surface area contributed by atoms with Gasteiger partial charge in [0.25, 0.3) is 0 Å². The van der Waals surface area contributed by atoms with Gasteiger partial charge in [0.2, 0.25) is 11.4 Å². The molecule has 1 aliphatic heterocycles. The van der Waals surface area contributed by atoms with Gasteiger partial charge in [-0.1, -0.05) is 26.7 Å². The smallest absolute Gasteiger partial charge is 0.475 e. The maximum Gasteiger partial charge on any atom is 0.490 e. The number of carboxylic acids is 1. The normalized spacial score (nSPS) is 18.6. The highest BCUT2D eigenvalue weighted by molar-refractivity contribution is 7.92. The number of primary amides is 1. The number of hydrogen-bond donors (Lipinski definition) is 3. The molecule has 0 bridgehead atoms. The van der Waals surface area contributed by atoms with Gasteiger partial charge in [-0.3, -0.25) is 4.79 Å². The minimum Gasteiger partial charge on any atom is -0.475 e. The molecule has 14 heteroatoms. The molecule has 1 fully saturated rings. The Kier molecular flexibility index (Phi) is 11.4. The molecule has 1 amide bonds. The van der Waals surface area contributed by atoms with Gasteiger partial charge in [0.15, 0.2) is 9.84 Å². The van der Waals surface area contributed by atoms with E-state index in [1.165, 1.54) is 0 Å². The molecule has 10 nitrogen and oxygen atoms in total. The highest BCUT2D eigenvalue weighted by Gasteiger charge is 2.48. The average Bonchev–Trinajstić information content (AvgIpc) is 3.13. The van der Waals surface area contributed by atoms with Crippen molar-refractivity contribution in [3.63, 3.8) is 0 Å². The van der Waals surface area contributed by atoms with Gasteiger partial charge in [-0.2, -0.15) is 13.2 Å². The monoisotopic (exact) mass is 478 g/mol. The van der Waals surface area contributed by atoms with E-state index in [-0.39, 0.29) is 6.61 Å². The molecule has 0 aromatic rings. The van der Waals surface area contributed by atoms with E-state index in [2.05, 4.69) is 0 Å². The molecule has 1 aliphatic rings. The predicted molar refractivity (Wildman–Crippen MR) is 103 cm³/mol. The Morgan fingerprint density at radius 1 is 1.19 bits per heavy atom. The summed E-state index contributed by atoms with van der Waals surface area (Å²) >= 11 is 0. The number of rotatable bonds is 10. The number of nitrogens with two attached hydrogens (primary N) is 2. The zero-order valence-electron chi connectivity index (χ0n) is 17.3. The van der Waals surface area contributed by atoms with Crippen LogP contribution in [0.2, 0.25) is 0 Å². The number of hydrogen-bond acceptors (Lipinski definition) is 8. The summed E-state index contributed by atoms with van der Waals surface area (Å²) in [5.74, 6) is -5.91. The molecule has 0 unspecified atom stereocenters. The Labute approximate surface area is 178 Å². The number of amides is 1. The first-order valence-corrected chi connectivity index (χ1v) is 11.2. The molecule has 0 aromatic heterocycles. The zero-order chi connectivity index (χ0) is 24.5. The van der Waals surface area contributed by atoms with Crippen LogP contribution in [0, 0.1) is 0 Å². The van der Waals surface area contributed by atoms with E-state index in [9.17, 15) is 31.2 Å². The molecule has 2 atom stereocenters. The van der Waals surface area contributed by atoms with E-state index < -0.39 is 56.5 Å². The molecule has 182 valence electrons. The summed E-state index contributed by atoms with van der Waals surface area (Å²) in [7, 11) is -3.79. The number of aliphatic carboxylic acids is 1. The summed E-state index contributed by atoms with van der Waals surface area (Å²) in [4.78, 5) is 33.0. The van der Waals surface area contributed by atoms with E-state index in [1.54, 1.807) is 0 Å². The largest absolute Gasteiger partial charge is 0.490 e. The summed E-state index contributed by atoms with van der Waals surface area (Å²) in [5, 5.41) is 6.47. The third-order valence-electron chi connectivity index (χ3n) is 4.37. The Morgan fingerprint density at radius 2 is 1.68 bits per heavy atom. The number of halogens is 3. The van der Waals surface area contributed by atoms with Crippen molar-refractivity contribution in [2.45, 2.75) is 69.0 Å². The molecular formula is C17H29F3N2O8S. The van der Waals surface area contributed by atoms with Crippen LogP contribution in [0.3, 0.4) is 0 Å². The van der Waals surface area contributed by atoms with Crippen LogP contribution < -0.4 is 11.5 Å². The maximum absolute atomic E-state index is 12.7. The van der Waals surface area contributed by atoms with Crippen LogP contribution in [0.25, 0.3) is 0 Å². The summed E-state index contributed by atoms with van der Waals surface area (Å²) in [6, 6.07) is 0. The van der Waals surface area contributed by atoms with Crippen molar-refractivity contribution in [2.75, 3.05) is 19.0 Å². The number of carbonyl (C=O) groups excluding carboxylic acids is 2. The van der Waals surface area contributed by atoms with E-state index in [1.807, 2.05) is 13.8 Å². The van der Waals surface area contributed by atoms with Gasteiger partial charge >= 0.3 is 18.1 Å². The van der Waals surface area contributed by atoms with Crippen LogP contribution in [-0.2, 0) is 33.7 Å². The number of carboxylic acid groups (broad SMARTS) is 1. The van der Waals surface area contributed by atoms with Crippen molar-refractivity contribution in [1.29, 1.82) is 0 Å². The number of esters is 1. The van der Waals surface area contributed by atoms with Gasteiger partial charge in [-0.05, 0) is 12.8 Å². The summed E-state index contributed by atoms with van der Waals surface area (Å²) in [6.45, 7) is 4.37. The van der Waals surface area contributed by atoms with Gasteiger partial charge < -0.3 is 26.0 Å². The molecule has 0 aliphatic carbocycles. The van der Waals surface area contributed by atoms with Crippen LogP contribution in [-0.4, -0.2) is 73.4 Å². The average molecular weight is 478 g/mol. The Balaban J connectivity index is 0.00000110. The van der Waals surface area contributed by atoms with Gasteiger partial charge in [0.1, 0.15) is 6.10 Å². The Bertz CT molecular complexity index is 717. The first kappa shape index (κ1) is 29.1. The zero-order valence-corrected chi connectivity index (χ0v) is 18.1. The molecule has 1 heterocycles. The highest BCUT2D eigenvalue weighted by atomic mass is 32.2. The predicted octanol–water partition coefficient (Wildman–Crippen LogP) is 0.518. The van der Waals surface area contributed by atoms with Gasteiger partial charge in [0.05, 0.1) is 24.2 Å². The lowest BCUT2D eigenvalue weighted by Crippen LogP contribution is -2.64. The van der Waals surface area contributed by atoms with Crippen LogP contribution in [0.1, 0.15) is 46.0 Å². The van der Waals surface area contributed by atoms with Crippen LogP contribution in [0.4, 0.5) is 13.2 Å². The van der Waals surface area contributed by atoms with E-state index in [4.69, 9.17) is 30.8 Å². The topological polar surface area (TPSA) is 176 Å². The highest BCUT2D eigenvalue weighted by Crippen LogP contribution is 2.21. The van der Waals surface area contributed by atoms with E-state index in [0.29, 0.717) is 38.7 Å². The standard InChI is InChI=1S/C15H28N2O6S.C2HF3O2/c1-3-5-12(6-4-2)24(20,21)10-15(17,13(16)18)14(19)23-11-7-8-22-9-11;3-2(4,5)1(6)7/h11-12H,3-10,17H2,1-2H3,(H2,16,18);(H,6,7)/t11-,15+;/m1./s1. The van der Waals surface area contributed by atoms with E-state index >= 15 is 0 Å². The van der Waals surface area contributed by atoms with Crippen LogP contribution in [0.15, 0.2) is 0 Å². The second-order valence-electron chi connectivity index (χ2n) is 7.04. The minimum atomic E-state index is -5.08. The number of ether oxygens (including phenoxy) is 2. The summed E-state index contributed by atoms with van der Waals surface area (Å²) in [5.41, 5.74) is 8.66. The molecule has 0 radical (unpaired) electrons. The van der Waals surface area contributed by atoms with Crippen molar-refractivity contribution in [3.05, 3.63) is 0 Å². The first-order valence-electron chi connectivity index (χ1n) is 9.51. The van der Waals surface area contributed by atoms with Gasteiger partial charge in [0, 0.05) is 6.42 Å². The van der Waals surface area contributed by atoms with Crippen LogP contribution in [0.5, 0.6) is 0 Å². The SMILES string of the molecule is CCCC(CCC)S(=O)(=O)C[C@](N)(C(N)=O)C(=O)O[C@@H]1CCOC1.O=C(O)C(F)(F)F. The fourth-order valence-electron chi connectivity index (χ4n) is 2.68. The van der Waals surface area contributed by atoms with Crippen molar-refractivity contribution < 1.29 is 50.6 Å². The fourth-order valence-corrected chi connectivity index (χ4v) is 5.00. The van der Waals surface area contributed by atoms with Crippen molar-refractivity contribution in [3.8, 4) is 0 Å². The molecular weight excluding hydrogens is 449 g/mol. The Hall–Kier alpha value is -1.93. The van der Waals surface area contributed by atoms with Crippen LogP contribution >= 0.6 is 0 Å². The summed E-state index contributed by atoms with van der Waals surface area (Å²) in [6.07, 6.45) is -2.93. The molecule has 0 saturated carbocycles. The van der Waals surface area contributed by atoms with Crippen molar-refractivity contribution in [2.24, 2.45) is 11.5 Å². The van der Waals surface area contributed by atoms with Gasteiger partial charge in [-0.15, -0.1) is 0 Å².